The van der Waals surface area contributed by atoms with Crippen LogP contribution in [0.1, 0.15) is 26.9 Å². The molecule has 5 heteroatoms. The van der Waals surface area contributed by atoms with E-state index < -0.39 is 17.0 Å². The van der Waals surface area contributed by atoms with Gasteiger partial charge in [-0.25, -0.2) is 8.78 Å². The molecule has 0 aliphatic rings. The normalized spacial score (nSPS) is 12.8. The quantitative estimate of drug-likeness (QED) is 0.606. The second kappa shape index (κ2) is 5.27. The van der Waals surface area contributed by atoms with E-state index in [1.165, 1.54) is 6.07 Å². The zero-order chi connectivity index (χ0) is 13.4. The van der Waals surface area contributed by atoms with Gasteiger partial charge in [-0.2, -0.15) is 0 Å². The molecular formula is C13H10BrClF2S. The molecule has 18 heavy (non-hydrogen) atoms. The Hall–Kier alpha value is -0.450. The molecule has 1 atom stereocenters. The van der Waals surface area contributed by atoms with E-state index >= 15 is 0 Å². The van der Waals surface area contributed by atoms with Crippen molar-refractivity contribution in [2.75, 3.05) is 0 Å². The minimum absolute atomic E-state index is 0.309. The van der Waals surface area contributed by atoms with Crippen LogP contribution in [0, 0.1) is 25.5 Å². The van der Waals surface area contributed by atoms with Gasteiger partial charge in [0.05, 0.1) is 9.16 Å². The average molecular weight is 352 g/mol. The van der Waals surface area contributed by atoms with Gasteiger partial charge in [-0.15, -0.1) is 22.9 Å². The molecule has 2 aromatic rings. The maximum Gasteiger partial charge on any atom is 0.131 e. The van der Waals surface area contributed by atoms with Crippen LogP contribution in [0.15, 0.2) is 22.0 Å². The van der Waals surface area contributed by atoms with Gasteiger partial charge >= 0.3 is 0 Å². The fourth-order valence-corrected chi connectivity index (χ4v) is 3.96. The third kappa shape index (κ3) is 2.60. The monoisotopic (exact) mass is 350 g/mol. The highest BCUT2D eigenvalue weighted by molar-refractivity contribution is 9.11. The second-order valence-electron chi connectivity index (χ2n) is 4.05. The topological polar surface area (TPSA) is 0 Å². The van der Waals surface area contributed by atoms with E-state index in [1.54, 1.807) is 18.3 Å². The van der Waals surface area contributed by atoms with E-state index in [-0.39, 0.29) is 0 Å². The number of aryl methyl sites for hydroxylation is 2. The first-order valence-corrected chi connectivity index (χ1v) is 7.30. The number of benzene rings is 1. The van der Waals surface area contributed by atoms with Crippen LogP contribution >= 0.6 is 38.9 Å². The van der Waals surface area contributed by atoms with Gasteiger partial charge in [0.1, 0.15) is 11.6 Å². The molecule has 96 valence electrons. The Morgan fingerprint density at radius 3 is 2.33 bits per heavy atom. The number of hydrogen-bond acceptors (Lipinski definition) is 1. The minimum atomic E-state index is -0.611. The van der Waals surface area contributed by atoms with Crippen LogP contribution in [0.25, 0.3) is 0 Å². The van der Waals surface area contributed by atoms with Gasteiger partial charge in [0.2, 0.25) is 0 Å². The fraction of sp³-hybridized carbons (Fsp3) is 0.231. The van der Waals surface area contributed by atoms with Gasteiger partial charge in [0, 0.05) is 16.5 Å². The third-order valence-corrected chi connectivity index (χ3v) is 4.79. The summed E-state index contributed by atoms with van der Waals surface area (Å²) in [6.45, 7) is 3.52. The Morgan fingerprint density at radius 1 is 1.11 bits per heavy atom. The highest BCUT2D eigenvalue weighted by Crippen LogP contribution is 2.38. The molecule has 1 aromatic carbocycles. The zero-order valence-electron chi connectivity index (χ0n) is 9.73. The van der Waals surface area contributed by atoms with Crippen LogP contribution in [0.3, 0.4) is 0 Å². The molecule has 1 heterocycles. The zero-order valence-corrected chi connectivity index (χ0v) is 12.9. The fourth-order valence-electron chi connectivity index (χ4n) is 1.75. The molecule has 0 aliphatic heterocycles. The van der Waals surface area contributed by atoms with Crippen molar-refractivity contribution in [2.45, 2.75) is 19.2 Å². The van der Waals surface area contributed by atoms with Crippen LogP contribution in [-0.4, -0.2) is 0 Å². The molecule has 0 aliphatic carbocycles. The standard InChI is InChI=1S/C13H10BrClF2S/c1-6-3-9(11(17)5-10(6)16)13(15)8-4-12(14)18-7(8)2/h3-5,13H,1-2H3. The van der Waals surface area contributed by atoms with E-state index in [0.717, 1.165) is 20.3 Å². The average Bonchev–Trinajstić information content (AvgIpc) is 2.62. The largest absolute Gasteiger partial charge is 0.207 e. The maximum atomic E-state index is 13.8. The summed E-state index contributed by atoms with van der Waals surface area (Å²) in [5.41, 5.74) is 1.55. The van der Waals surface area contributed by atoms with Crippen molar-refractivity contribution in [3.63, 3.8) is 0 Å². The van der Waals surface area contributed by atoms with Crippen molar-refractivity contribution in [1.82, 2.24) is 0 Å². The molecule has 0 spiro atoms. The van der Waals surface area contributed by atoms with Crippen molar-refractivity contribution in [3.8, 4) is 0 Å². The number of rotatable bonds is 2. The Balaban J connectivity index is 2.49. The smallest absolute Gasteiger partial charge is 0.131 e. The van der Waals surface area contributed by atoms with Crippen molar-refractivity contribution in [1.29, 1.82) is 0 Å². The predicted molar refractivity (Wildman–Crippen MR) is 75.5 cm³/mol. The van der Waals surface area contributed by atoms with E-state index in [4.69, 9.17) is 11.6 Å². The van der Waals surface area contributed by atoms with Gasteiger partial charge in [-0.3, -0.25) is 0 Å². The van der Waals surface area contributed by atoms with Crippen LogP contribution in [0.4, 0.5) is 8.78 Å². The lowest BCUT2D eigenvalue weighted by Gasteiger charge is -2.12. The Morgan fingerprint density at radius 2 is 1.78 bits per heavy atom. The molecule has 0 bridgehead atoms. The molecule has 2 rings (SSSR count). The summed E-state index contributed by atoms with van der Waals surface area (Å²) in [6, 6.07) is 4.22. The SMILES string of the molecule is Cc1cc(C(Cl)c2cc(Br)sc2C)c(F)cc1F. The van der Waals surface area contributed by atoms with Gasteiger partial charge in [0.15, 0.2) is 0 Å². The summed E-state index contributed by atoms with van der Waals surface area (Å²) >= 11 is 11.2. The summed E-state index contributed by atoms with van der Waals surface area (Å²) < 4.78 is 27.9. The summed E-state index contributed by atoms with van der Waals surface area (Å²) in [5.74, 6) is -1.16. The summed E-state index contributed by atoms with van der Waals surface area (Å²) in [6.07, 6.45) is 0. The third-order valence-electron chi connectivity index (χ3n) is 2.75. The first-order chi connectivity index (χ1) is 8.40. The van der Waals surface area contributed by atoms with E-state index in [1.807, 2.05) is 13.0 Å². The molecular weight excluding hydrogens is 342 g/mol. The first-order valence-electron chi connectivity index (χ1n) is 5.25. The van der Waals surface area contributed by atoms with Gasteiger partial charge < -0.3 is 0 Å². The van der Waals surface area contributed by atoms with Crippen molar-refractivity contribution < 1.29 is 8.78 Å². The lowest BCUT2D eigenvalue weighted by atomic mass is 10.0. The minimum Gasteiger partial charge on any atom is -0.207 e. The molecule has 1 unspecified atom stereocenters. The van der Waals surface area contributed by atoms with Crippen molar-refractivity contribution in [2.24, 2.45) is 0 Å². The molecule has 0 amide bonds. The lowest BCUT2D eigenvalue weighted by molar-refractivity contribution is 0.568. The van der Waals surface area contributed by atoms with Crippen LogP contribution in [-0.2, 0) is 0 Å². The molecule has 0 nitrogen and oxygen atoms in total. The second-order valence-corrected chi connectivity index (χ2v) is 7.12. The van der Waals surface area contributed by atoms with E-state index in [9.17, 15) is 8.78 Å². The van der Waals surface area contributed by atoms with Crippen molar-refractivity contribution in [3.05, 3.63) is 55.2 Å². The lowest BCUT2D eigenvalue weighted by Crippen LogP contribution is -1.99. The number of hydrogen-bond donors (Lipinski definition) is 0. The van der Waals surface area contributed by atoms with Crippen LogP contribution in [0.5, 0.6) is 0 Å². The number of thiophene rings is 1. The van der Waals surface area contributed by atoms with Gasteiger partial charge in [0.25, 0.3) is 0 Å². The summed E-state index contributed by atoms with van der Waals surface area (Å²) in [7, 11) is 0. The first kappa shape index (κ1) is 14.0. The number of alkyl halides is 1. The summed E-state index contributed by atoms with van der Waals surface area (Å²) in [4.78, 5) is 1.02. The highest BCUT2D eigenvalue weighted by Gasteiger charge is 2.20. The molecule has 0 saturated carbocycles. The summed E-state index contributed by atoms with van der Waals surface area (Å²) in [5, 5.41) is -0.605. The molecule has 0 saturated heterocycles. The van der Waals surface area contributed by atoms with Crippen LogP contribution in [0.2, 0.25) is 0 Å². The highest BCUT2D eigenvalue weighted by atomic mass is 79.9. The Labute approximate surface area is 122 Å². The van der Waals surface area contributed by atoms with Crippen LogP contribution < -0.4 is 0 Å². The van der Waals surface area contributed by atoms with E-state index in [2.05, 4.69) is 15.9 Å². The molecule has 1 aromatic heterocycles. The van der Waals surface area contributed by atoms with E-state index in [0.29, 0.717) is 11.1 Å². The Bertz CT molecular complexity index is 595. The maximum absolute atomic E-state index is 13.8. The van der Waals surface area contributed by atoms with Gasteiger partial charge in [-0.05, 0) is 53.0 Å². The number of halogens is 4. The van der Waals surface area contributed by atoms with Gasteiger partial charge in [-0.1, -0.05) is 0 Å². The Kier molecular flexibility index (Phi) is 4.09. The molecule has 0 N–H and O–H groups in total. The molecule has 0 fully saturated rings. The molecule has 0 radical (unpaired) electrons. The van der Waals surface area contributed by atoms with Crippen molar-refractivity contribution >= 4 is 38.9 Å². The predicted octanol–water partition coefficient (Wildman–Crippen LogP) is 5.73.